The Hall–Kier alpha value is -0.810. The standard InChI is InChI=1S/C6H11NO4/c8-4-1-5(9)3-7(2-4)6(10)11/h4-5,8-9H,1-3H2,(H,10,11)/t4-,5?/m1/s1. The summed E-state index contributed by atoms with van der Waals surface area (Å²) in [6.07, 6.45) is -2.28. The molecule has 0 bridgehead atoms. The van der Waals surface area contributed by atoms with E-state index in [1.54, 1.807) is 0 Å². The van der Waals surface area contributed by atoms with Gasteiger partial charge in [0.15, 0.2) is 0 Å². The predicted molar refractivity (Wildman–Crippen MR) is 36.2 cm³/mol. The van der Waals surface area contributed by atoms with Crippen LogP contribution in [0.25, 0.3) is 0 Å². The molecular formula is C6H11NO4. The molecule has 1 amide bonds. The van der Waals surface area contributed by atoms with Crippen molar-refractivity contribution in [2.45, 2.75) is 18.6 Å². The highest BCUT2D eigenvalue weighted by atomic mass is 16.4. The molecule has 1 fully saturated rings. The first-order valence-corrected chi connectivity index (χ1v) is 3.43. The third-order valence-electron chi connectivity index (χ3n) is 1.68. The molecule has 1 unspecified atom stereocenters. The molecule has 0 saturated carbocycles. The van der Waals surface area contributed by atoms with E-state index in [9.17, 15) is 4.79 Å². The summed E-state index contributed by atoms with van der Waals surface area (Å²) in [5.74, 6) is 0. The quantitative estimate of drug-likeness (QED) is 0.429. The number of carbonyl (C=O) groups is 1. The molecule has 1 aliphatic rings. The summed E-state index contributed by atoms with van der Waals surface area (Å²) < 4.78 is 0. The van der Waals surface area contributed by atoms with Gasteiger partial charge in [0.1, 0.15) is 0 Å². The van der Waals surface area contributed by atoms with Gasteiger partial charge in [-0.1, -0.05) is 0 Å². The van der Waals surface area contributed by atoms with Gasteiger partial charge in [-0.05, 0) is 0 Å². The number of carboxylic acid groups (broad SMARTS) is 1. The molecule has 5 nitrogen and oxygen atoms in total. The molecule has 1 aliphatic heterocycles. The summed E-state index contributed by atoms with van der Waals surface area (Å²) in [5, 5.41) is 26.5. The van der Waals surface area contributed by atoms with E-state index in [0.717, 1.165) is 4.90 Å². The van der Waals surface area contributed by atoms with Gasteiger partial charge in [-0.2, -0.15) is 0 Å². The molecule has 0 aromatic heterocycles. The van der Waals surface area contributed by atoms with Gasteiger partial charge < -0.3 is 20.2 Å². The lowest BCUT2D eigenvalue weighted by molar-refractivity contribution is -0.00255. The lowest BCUT2D eigenvalue weighted by Crippen LogP contribution is -2.47. The Bertz CT molecular complexity index is 151. The molecular weight excluding hydrogens is 150 g/mol. The van der Waals surface area contributed by atoms with Crippen LogP contribution in [0.4, 0.5) is 4.79 Å². The van der Waals surface area contributed by atoms with Gasteiger partial charge in [0, 0.05) is 6.42 Å². The maximum atomic E-state index is 10.3. The van der Waals surface area contributed by atoms with Crippen molar-refractivity contribution in [1.29, 1.82) is 0 Å². The van der Waals surface area contributed by atoms with Crippen molar-refractivity contribution in [3.05, 3.63) is 0 Å². The highest BCUT2D eigenvalue weighted by molar-refractivity contribution is 5.65. The summed E-state index contributed by atoms with van der Waals surface area (Å²) in [4.78, 5) is 11.4. The summed E-state index contributed by atoms with van der Waals surface area (Å²) in [7, 11) is 0. The van der Waals surface area contributed by atoms with Crippen LogP contribution in [-0.4, -0.2) is 51.6 Å². The van der Waals surface area contributed by atoms with Gasteiger partial charge in [-0.3, -0.25) is 0 Å². The van der Waals surface area contributed by atoms with Gasteiger partial charge in [-0.25, -0.2) is 4.79 Å². The normalized spacial score (nSPS) is 32.0. The monoisotopic (exact) mass is 161 g/mol. The second-order valence-electron chi connectivity index (χ2n) is 2.73. The second-order valence-corrected chi connectivity index (χ2v) is 2.73. The van der Waals surface area contributed by atoms with E-state index in [1.807, 2.05) is 0 Å². The van der Waals surface area contributed by atoms with E-state index in [0.29, 0.717) is 0 Å². The van der Waals surface area contributed by atoms with Gasteiger partial charge in [0.25, 0.3) is 0 Å². The molecule has 2 atom stereocenters. The molecule has 11 heavy (non-hydrogen) atoms. The number of piperidine rings is 1. The van der Waals surface area contributed by atoms with Crippen LogP contribution in [0.5, 0.6) is 0 Å². The van der Waals surface area contributed by atoms with Gasteiger partial charge in [-0.15, -0.1) is 0 Å². The number of amides is 1. The smallest absolute Gasteiger partial charge is 0.407 e. The minimum atomic E-state index is -1.09. The van der Waals surface area contributed by atoms with E-state index in [4.69, 9.17) is 15.3 Å². The SMILES string of the molecule is O=C(O)N1CC(O)C[C@@H](O)C1. The van der Waals surface area contributed by atoms with Crippen molar-refractivity contribution < 1.29 is 20.1 Å². The molecule has 1 saturated heterocycles. The zero-order valence-corrected chi connectivity index (χ0v) is 5.97. The molecule has 5 heteroatoms. The Morgan fingerprint density at radius 1 is 1.27 bits per heavy atom. The van der Waals surface area contributed by atoms with Crippen LogP contribution in [0, 0.1) is 0 Å². The minimum Gasteiger partial charge on any atom is -0.465 e. The van der Waals surface area contributed by atoms with Crippen LogP contribution in [0.3, 0.4) is 0 Å². The number of hydrogen-bond acceptors (Lipinski definition) is 3. The van der Waals surface area contributed by atoms with E-state index < -0.39 is 18.3 Å². The van der Waals surface area contributed by atoms with Crippen LogP contribution in [0.15, 0.2) is 0 Å². The Balaban J connectivity index is 2.49. The van der Waals surface area contributed by atoms with Crippen molar-refractivity contribution in [3.63, 3.8) is 0 Å². The first kappa shape index (κ1) is 8.29. The topological polar surface area (TPSA) is 81.0 Å². The number of hydrogen-bond donors (Lipinski definition) is 3. The third-order valence-corrected chi connectivity index (χ3v) is 1.68. The first-order valence-electron chi connectivity index (χ1n) is 3.43. The minimum absolute atomic E-state index is 0.104. The molecule has 0 aliphatic carbocycles. The molecule has 0 aromatic rings. The van der Waals surface area contributed by atoms with Crippen LogP contribution < -0.4 is 0 Å². The lowest BCUT2D eigenvalue weighted by atomic mass is 10.1. The largest absolute Gasteiger partial charge is 0.465 e. The molecule has 1 heterocycles. The van der Waals surface area contributed by atoms with Crippen molar-refractivity contribution in [1.82, 2.24) is 4.90 Å². The van der Waals surface area contributed by atoms with Crippen LogP contribution in [-0.2, 0) is 0 Å². The summed E-state index contributed by atoms with van der Waals surface area (Å²) in [6.45, 7) is 0.207. The summed E-state index contributed by atoms with van der Waals surface area (Å²) in [6, 6.07) is 0. The maximum absolute atomic E-state index is 10.3. The number of likely N-dealkylation sites (tertiary alicyclic amines) is 1. The number of rotatable bonds is 0. The molecule has 64 valence electrons. The molecule has 3 N–H and O–H groups in total. The second kappa shape index (κ2) is 3.06. The van der Waals surface area contributed by atoms with Crippen LogP contribution >= 0.6 is 0 Å². The van der Waals surface area contributed by atoms with E-state index in [1.165, 1.54) is 0 Å². The van der Waals surface area contributed by atoms with E-state index in [-0.39, 0.29) is 19.5 Å². The van der Waals surface area contributed by atoms with Gasteiger partial charge in [0.05, 0.1) is 25.3 Å². The van der Waals surface area contributed by atoms with Crippen molar-refractivity contribution in [3.8, 4) is 0 Å². The highest BCUT2D eigenvalue weighted by Crippen LogP contribution is 2.10. The van der Waals surface area contributed by atoms with Crippen molar-refractivity contribution >= 4 is 6.09 Å². The van der Waals surface area contributed by atoms with Crippen LogP contribution in [0.1, 0.15) is 6.42 Å². The molecule has 1 rings (SSSR count). The number of β-amino-alcohol motifs (C(OH)–C–C–N with tert-alkyl or cyclic N) is 2. The zero-order chi connectivity index (χ0) is 8.43. The third kappa shape index (κ3) is 2.06. The molecule has 0 spiro atoms. The lowest BCUT2D eigenvalue weighted by Gasteiger charge is -2.30. The Morgan fingerprint density at radius 3 is 2.09 bits per heavy atom. The zero-order valence-electron chi connectivity index (χ0n) is 5.97. The molecule has 0 radical (unpaired) electrons. The fourth-order valence-electron chi connectivity index (χ4n) is 1.20. The Kier molecular flexibility index (Phi) is 2.31. The first-order chi connectivity index (χ1) is 5.09. The fourth-order valence-corrected chi connectivity index (χ4v) is 1.20. The van der Waals surface area contributed by atoms with Crippen molar-refractivity contribution in [2.75, 3.05) is 13.1 Å². The summed E-state index contributed by atoms with van der Waals surface area (Å²) in [5.41, 5.74) is 0. The van der Waals surface area contributed by atoms with E-state index >= 15 is 0 Å². The fraction of sp³-hybridized carbons (Fsp3) is 0.833. The number of aliphatic hydroxyl groups excluding tert-OH is 2. The number of nitrogens with zero attached hydrogens (tertiary/aromatic N) is 1. The Labute approximate surface area is 63.9 Å². The van der Waals surface area contributed by atoms with Gasteiger partial charge in [0.2, 0.25) is 0 Å². The predicted octanol–water partition coefficient (Wildman–Crippen LogP) is -0.908. The van der Waals surface area contributed by atoms with E-state index in [2.05, 4.69) is 0 Å². The molecule has 0 aromatic carbocycles. The average molecular weight is 161 g/mol. The maximum Gasteiger partial charge on any atom is 0.407 e. The van der Waals surface area contributed by atoms with Gasteiger partial charge >= 0.3 is 6.09 Å². The Morgan fingerprint density at radius 2 is 1.73 bits per heavy atom. The number of aliphatic hydroxyl groups is 2. The van der Waals surface area contributed by atoms with Crippen molar-refractivity contribution in [2.24, 2.45) is 0 Å². The van der Waals surface area contributed by atoms with Crippen LogP contribution in [0.2, 0.25) is 0 Å². The highest BCUT2D eigenvalue weighted by Gasteiger charge is 2.26. The summed E-state index contributed by atoms with van der Waals surface area (Å²) >= 11 is 0. The average Bonchev–Trinajstić information content (AvgIpc) is 1.85.